The van der Waals surface area contributed by atoms with Crippen LogP contribution in [0.1, 0.15) is 13.8 Å². The zero-order valence-electron chi connectivity index (χ0n) is 11.4. The number of thioether (sulfide) groups is 1. The largest absolute Gasteiger partial charge is 0.383 e. The minimum atomic E-state index is 0.588. The smallest absolute Gasteiger partial charge is 0.156 e. The van der Waals surface area contributed by atoms with E-state index in [0.717, 1.165) is 37.2 Å². The number of methoxy groups -OCH3 is 1. The maximum Gasteiger partial charge on any atom is 0.156 e. The summed E-state index contributed by atoms with van der Waals surface area (Å²) in [4.78, 5) is 6.83. The van der Waals surface area contributed by atoms with Crippen LogP contribution in [-0.4, -0.2) is 62.3 Å². The van der Waals surface area contributed by atoms with Crippen molar-refractivity contribution in [2.24, 2.45) is 10.9 Å². The van der Waals surface area contributed by atoms with Crippen LogP contribution in [0.2, 0.25) is 0 Å². The fourth-order valence-corrected chi connectivity index (χ4v) is 2.77. The van der Waals surface area contributed by atoms with Crippen molar-refractivity contribution in [1.82, 2.24) is 10.2 Å². The monoisotopic (exact) mass is 259 g/mol. The van der Waals surface area contributed by atoms with Crippen molar-refractivity contribution in [2.45, 2.75) is 19.9 Å². The van der Waals surface area contributed by atoms with E-state index in [1.54, 1.807) is 7.11 Å². The Morgan fingerprint density at radius 1 is 1.53 bits per heavy atom. The third-order valence-electron chi connectivity index (χ3n) is 2.93. The van der Waals surface area contributed by atoms with Gasteiger partial charge in [0.1, 0.15) is 0 Å². The van der Waals surface area contributed by atoms with Crippen molar-refractivity contribution in [3.63, 3.8) is 0 Å². The van der Waals surface area contributed by atoms with E-state index in [1.807, 2.05) is 11.8 Å². The molecule has 1 heterocycles. The molecule has 5 heteroatoms. The molecular formula is C12H25N3OS. The SMILES string of the molecule is COCCN(C)CCN=C1N[C@@H](C(C)C)CS1. The van der Waals surface area contributed by atoms with E-state index in [2.05, 4.69) is 36.1 Å². The molecule has 1 aliphatic heterocycles. The minimum absolute atomic E-state index is 0.588. The van der Waals surface area contributed by atoms with E-state index >= 15 is 0 Å². The van der Waals surface area contributed by atoms with Crippen molar-refractivity contribution >= 4 is 16.9 Å². The van der Waals surface area contributed by atoms with Crippen LogP contribution >= 0.6 is 11.8 Å². The van der Waals surface area contributed by atoms with Crippen LogP contribution in [0, 0.1) is 5.92 Å². The highest BCUT2D eigenvalue weighted by molar-refractivity contribution is 8.14. The van der Waals surface area contributed by atoms with Crippen molar-refractivity contribution in [3.05, 3.63) is 0 Å². The summed E-state index contributed by atoms with van der Waals surface area (Å²) in [6.07, 6.45) is 0. The van der Waals surface area contributed by atoms with E-state index in [9.17, 15) is 0 Å². The molecule has 0 aromatic heterocycles. The molecule has 1 aliphatic rings. The number of hydrogen-bond donors (Lipinski definition) is 1. The number of ether oxygens (including phenoxy) is 1. The van der Waals surface area contributed by atoms with Crippen LogP contribution < -0.4 is 5.32 Å². The predicted octanol–water partition coefficient (Wildman–Crippen LogP) is 1.28. The highest BCUT2D eigenvalue weighted by Crippen LogP contribution is 2.18. The fourth-order valence-electron chi connectivity index (χ4n) is 1.54. The third-order valence-corrected chi connectivity index (χ3v) is 3.97. The Hall–Kier alpha value is -0.260. The Labute approximate surface area is 109 Å². The van der Waals surface area contributed by atoms with Crippen LogP contribution in [-0.2, 0) is 4.74 Å². The lowest BCUT2D eigenvalue weighted by atomic mass is 10.1. The summed E-state index contributed by atoms with van der Waals surface area (Å²) in [6.45, 7) is 8.10. The first-order valence-electron chi connectivity index (χ1n) is 6.24. The van der Waals surface area contributed by atoms with Gasteiger partial charge in [0.15, 0.2) is 5.17 Å². The maximum atomic E-state index is 5.04. The van der Waals surface area contributed by atoms with Crippen molar-refractivity contribution in [1.29, 1.82) is 0 Å². The highest BCUT2D eigenvalue weighted by atomic mass is 32.2. The zero-order chi connectivity index (χ0) is 12.7. The van der Waals surface area contributed by atoms with E-state index in [4.69, 9.17) is 4.74 Å². The first-order valence-corrected chi connectivity index (χ1v) is 7.23. The average Bonchev–Trinajstić information content (AvgIpc) is 2.75. The Bertz CT molecular complexity index is 246. The second kappa shape index (κ2) is 7.95. The predicted molar refractivity (Wildman–Crippen MR) is 75.9 cm³/mol. The first-order chi connectivity index (χ1) is 8.13. The van der Waals surface area contributed by atoms with Gasteiger partial charge in [0.2, 0.25) is 0 Å². The van der Waals surface area contributed by atoms with E-state index in [0.29, 0.717) is 12.0 Å². The van der Waals surface area contributed by atoms with Gasteiger partial charge in [-0.3, -0.25) is 4.99 Å². The van der Waals surface area contributed by atoms with Gasteiger partial charge in [0.25, 0.3) is 0 Å². The van der Waals surface area contributed by atoms with E-state index in [-0.39, 0.29) is 0 Å². The quantitative estimate of drug-likeness (QED) is 0.747. The number of likely N-dealkylation sites (N-methyl/N-ethyl adjacent to an activating group) is 1. The molecule has 0 bridgehead atoms. The molecule has 4 nitrogen and oxygen atoms in total. The van der Waals surface area contributed by atoms with E-state index < -0.39 is 0 Å². The highest BCUT2D eigenvalue weighted by Gasteiger charge is 2.22. The summed E-state index contributed by atoms with van der Waals surface area (Å²) in [5, 5.41) is 4.59. The molecule has 1 fully saturated rings. The van der Waals surface area contributed by atoms with Crippen molar-refractivity contribution < 1.29 is 4.74 Å². The second-order valence-electron chi connectivity index (χ2n) is 4.79. The Kier molecular flexibility index (Phi) is 6.92. The molecule has 0 aliphatic carbocycles. The van der Waals surface area contributed by atoms with Gasteiger partial charge < -0.3 is 15.0 Å². The lowest BCUT2D eigenvalue weighted by Crippen LogP contribution is -2.32. The summed E-state index contributed by atoms with van der Waals surface area (Å²) in [5.41, 5.74) is 0. The number of rotatable bonds is 7. The molecule has 1 rings (SSSR count). The zero-order valence-corrected chi connectivity index (χ0v) is 12.2. The van der Waals surface area contributed by atoms with Crippen LogP contribution in [0.15, 0.2) is 4.99 Å². The van der Waals surface area contributed by atoms with Gasteiger partial charge in [-0.1, -0.05) is 25.6 Å². The number of nitrogens with one attached hydrogen (secondary N) is 1. The van der Waals surface area contributed by atoms with E-state index in [1.165, 1.54) is 0 Å². The van der Waals surface area contributed by atoms with Crippen LogP contribution in [0.25, 0.3) is 0 Å². The molecule has 0 radical (unpaired) electrons. The normalized spacial score (nSPS) is 22.7. The summed E-state index contributed by atoms with van der Waals surface area (Å²) < 4.78 is 5.04. The maximum absolute atomic E-state index is 5.04. The van der Waals surface area contributed by atoms with Gasteiger partial charge in [0, 0.05) is 32.0 Å². The summed E-state index contributed by atoms with van der Waals surface area (Å²) in [6, 6.07) is 0.588. The Balaban J connectivity index is 2.17. The molecule has 0 unspecified atom stereocenters. The van der Waals surface area contributed by atoms with Gasteiger partial charge in [-0.05, 0) is 13.0 Å². The van der Waals surface area contributed by atoms with Gasteiger partial charge in [0.05, 0.1) is 13.2 Å². The molecule has 0 spiro atoms. The molecule has 1 saturated heterocycles. The first kappa shape index (κ1) is 14.8. The molecular weight excluding hydrogens is 234 g/mol. The molecule has 1 atom stereocenters. The van der Waals surface area contributed by atoms with Gasteiger partial charge in [-0.15, -0.1) is 0 Å². The number of hydrogen-bond acceptors (Lipinski definition) is 4. The van der Waals surface area contributed by atoms with Gasteiger partial charge >= 0.3 is 0 Å². The van der Waals surface area contributed by atoms with Crippen LogP contribution in [0.5, 0.6) is 0 Å². The number of aliphatic imine (C=N–C) groups is 1. The molecule has 0 aromatic carbocycles. The topological polar surface area (TPSA) is 36.9 Å². The van der Waals surface area contributed by atoms with Gasteiger partial charge in [-0.25, -0.2) is 0 Å². The van der Waals surface area contributed by atoms with Gasteiger partial charge in [-0.2, -0.15) is 0 Å². The summed E-state index contributed by atoms with van der Waals surface area (Å²) in [7, 11) is 3.84. The Morgan fingerprint density at radius 2 is 2.29 bits per heavy atom. The third kappa shape index (κ3) is 5.75. The summed E-state index contributed by atoms with van der Waals surface area (Å²) >= 11 is 1.84. The lowest BCUT2D eigenvalue weighted by Gasteiger charge is -2.15. The molecule has 0 amide bonds. The second-order valence-corrected chi connectivity index (χ2v) is 5.80. The summed E-state index contributed by atoms with van der Waals surface area (Å²) in [5.74, 6) is 1.83. The average molecular weight is 259 g/mol. The molecule has 100 valence electrons. The van der Waals surface area contributed by atoms with Crippen LogP contribution in [0.3, 0.4) is 0 Å². The Morgan fingerprint density at radius 3 is 2.88 bits per heavy atom. The molecule has 17 heavy (non-hydrogen) atoms. The fraction of sp³-hybridized carbons (Fsp3) is 0.917. The minimum Gasteiger partial charge on any atom is -0.383 e. The number of nitrogens with zero attached hydrogens (tertiary/aromatic N) is 2. The van der Waals surface area contributed by atoms with Crippen molar-refractivity contribution in [3.8, 4) is 0 Å². The standard InChI is InChI=1S/C12H25N3OS/c1-10(2)11-9-17-12(14-11)13-5-6-15(3)7-8-16-4/h10-11H,5-9H2,1-4H3,(H,13,14)/t11-/m1/s1. The van der Waals surface area contributed by atoms with Crippen molar-refractivity contribution in [2.75, 3.05) is 46.2 Å². The number of amidine groups is 1. The molecule has 0 saturated carbocycles. The molecule has 0 aromatic rings. The molecule has 1 N–H and O–H groups in total. The lowest BCUT2D eigenvalue weighted by molar-refractivity contribution is 0.163. The van der Waals surface area contributed by atoms with Crippen LogP contribution in [0.4, 0.5) is 0 Å².